The molecule has 0 radical (unpaired) electrons. The Morgan fingerprint density at radius 2 is 1.93 bits per heavy atom. The van der Waals surface area contributed by atoms with Gasteiger partial charge in [-0.25, -0.2) is 4.98 Å². The molecule has 0 amide bonds. The molecule has 0 bridgehead atoms. The maximum absolute atomic E-state index is 12.8. The van der Waals surface area contributed by atoms with E-state index in [1.807, 2.05) is 37.2 Å². The normalized spacial score (nSPS) is 16.8. The summed E-state index contributed by atoms with van der Waals surface area (Å²) in [5.74, 6) is -0.302. The first-order chi connectivity index (χ1) is 14.0. The summed E-state index contributed by atoms with van der Waals surface area (Å²) in [7, 11) is -1.85. The Labute approximate surface area is 178 Å². The van der Waals surface area contributed by atoms with Crippen LogP contribution in [0.3, 0.4) is 0 Å². The van der Waals surface area contributed by atoms with Gasteiger partial charge in [-0.2, -0.15) is 26.6 Å². The number of hydrogen-bond donors (Lipinski definition) is 0. The van der Waals surface area contributed by atoms with Crippen LogP contribution in [0.5, 0.6) is 5.88 Å². The molecule has 1 aromatic carbocycles. The van der Waals surface area contributed by atoms with Gasteiger partial charge in [-0.15, -0.1) is 0 Å². The van der Waals surface area contributed by atoms with Crippen LogP contribution in [-0.2, 0) is 29.4 Å². The standard InChI is InChI=1S/C19H22F3N3O3S2/c1-25(2)16-7-5-4-6-13(16)10-12-8-9-14-15(11-12)23-18(29-3)24-17(14)28-30(26,27)19(20,21)22/h4-7,12H,8-11H2,1-3H3. The molecule has 1 aliphatic carbocycles. The molecular formula is C19H22F3N3O3S2. The Morgan fingerprint density at radius 3 is 2.57 bits per heavy atom. The van der Waals surface area contributed by atoms with Gasteiger partial charge in [-0.05, 0) is 49.5 Å². The van der Waals surface area contributed by atoms with Gasteiger partial charge >= 0.3 is 15.6 Å². The van der Waals surface area contributed by atoms with E-state index in [-0.39, 0.29) is 11.1 Å². The van der Waals surface area contributed by atoms with Gasteiger partial charge in [0, 0.05) is 25.3 Å². The van der Waals surface area contributed by atoms with E-state index in [9.17, 15) is 21.6 Å². The van der Waals surface area contributed by atoms with Gasteiger partial charge in [0.1, 0.15) is 0 Å². The van der Waals surface area contributed by atoms with Crippen molar-refractivity contribution in [3.63, 3.8) is 0 Å². The van der Waals surface area contributed by atoms with Crippen LogP contribution < -0.4 is 9.08 Å². The third kappa shape index (κ3) is 4.83. The van der Waals surface area contributed by atoms with Gasteiger partial charge in [0.2, 0.25) is 5.88 Å². The number of alkyl halides is 3. The molecule has 30 heavy (non-hydrogen) atoms. The lowest BCUT2D eigenvalue weighted by Crippen LogP contribution is -2.29. The lowest BCUT2D eigenvalue weighted by molar-refractivity contribution is -0.0502. The van der Waals surface area contributed by atoms with E-state index in [0.717, 1.165) is 23.9 Å². The van der Waals surface area contributed by atoms with E-state index in [1.165, 1.54) is 5.56 Å². The van der Waals surface area contributed by atoms with Crippen LogP contribution in [0.25, 0.3) is 0 Å². The van der Waals surface area contributed by atoms with E-state index < -0.39 is 21.5 Å². The molecule has 11 heteroatoms. The topological polar surface area (TPSA) is 72.4 Å². The quantitative estimate of drug-likeness (QED) is 0.280. The summed E-state index contributed by atoms with van der Waals surface area (Å²) in [6.45, 7) is 0. The number of para-hydroxylation sites is 1. The maximum Gasteiger partial charge on any atom is 0.534 e. The molecule has 0 saturated carbocycles. The zero-order chi connectivity index (χ0) is 22.1. The fourth-order valence-electron chi connectivity index (χ4n) is 3.55. The lowest BCUT2D eigenvalue weighted by Gasteiger charge is -2.27. The Bertz CT molecular complexity index is 1030. The Morgan fingerprint density at radius 1 is 1.23 bits per heavy atom. The van der Waals surface area contributed by atoms with Gasteiger partial charge in [0.25, 0.3) is 0 Å². The first-order valence-corrected chi connectivity index (χ1v) is 11.8. The Hall–Kier alpha value is -2.01. The molecule has 0 saturated heterocycles. The molecule has 6 nitrogen and oxygen atoms in total. The molecule has 2 aromatic rings. The van der Waals surface area contributed by atoms with E-state index >= 15 is 0 Å². The minimum atomic E-state index is -5.79. The predicted octanol–water partition coefficient (Wildman–Crippen LogP) is 3.84. The summed E-state index contributed by atoms with van der Waals surface area (Å²) < 4.78 is 65.7. The molecule has 1 aliphatic rings. The second-order valence-corrected chi connectivity index (χ2v) is 9.57. The Kier molecular flexibility index (Phi) is 6.51. The van der Waals surface area contributed by atoms with Crippen molar-refractivity contribution in [1.82, 2.24) is 9.97 Å². The number of anilines is 1. The average molecular weight is 462 g/mol. The smallest absolute Gasteiger partial charge is 0.377 e. The van der Waals surface area contributed by atoms with Crippen LogP contribution in [0.15, 0.2) is 29.4 Å². The van der Waals surface area contributed by atoms with Gasteiger partial charge in [0.15, 0.2) is 5.16 Å². The number of aromatic nitrogens is 2. The van der Waals surface area contributed by atoms with Crippen LogP contribution in [-0.4, -0.2) is 44.2 Å². The molecule has 1 unspecified atom stereocenters. The first-order valence-electron chi connectivity index (χ1n) is 9.21. The minimum Gasteiger partial charge on any atom is -0.377 e. The molecule has 164 valence electrons. The third-order valence-corrected chi connectivity index (χ3v) is 6.45. The van der Waals surface area contributed by atoms with Crippen molar-refractivity contribution in [2.24, 2.45) is 5.92 Å². The Balaban J connectivity index is 1.89. The highest BCUT2D eigenvalue weighted by atomic mass is 32.2. The van der Waals surface area contributed by atoms with E-state index in [2.05, 4.69) is 20.2 Å². The molecule has 1 aromatic heterocycles. The number of nitrogens with zero attached hydrogens (tertiary/aromatic N) is 3. The molecule has 0 fully saturated rings. The van der Waals surface area contributed by atoms with Crippen molar-refractivity contribution in [1.29, 1.82) is 0 Å². The van der Waals surface area contributed by atoms with Gasteiger partial charge < -0.3 is 9.08 Å². The van der Waals surface area contributed by atoms with E-state index in [1.54, 1.807) is 6.26 Å². The third-order valence-electron chi connectivity index (χ3n) is 4.96. The maximum atomic E-state index is 12.8. The first kappa shape index (κ1) is 22.7. The zero-order valence-corrected chi connectivity index (χ0v) is 18.4. The molecule has 1 heterocycles. The average Bonchev–Trinajstić information content (AvgIpc) is 2.66. The van der Waals surface area contributed by atoms with Crippen molar-refractivity contribution < 1.29 is 25.8 Å². The van der Waals surface area contributed by atoms with Crippen molar-refractivity contribution in [2.45, 2.75) is 36.3 Å². The van der Waals surface area contributed by atoms with Gasteiger partial charge in [-0.3, -0.25) is 0 Å². The highest BCUT2D eigenvalue weighted by Gasteiger charge is 2.49. The summed E-state index contributed by atoms with van der Waals surface area (Å²) in [4.78, 5) is 10.3. The fraction of sp³-hybridized carbons (Fsp3) is 0.474. The predicted molar refractivity (Wildman–Crippen MR) is 109 cm³/mol. The van der Waals surface area contributed by atoms with Crippen molar-refractivity contribution in [3.05, 3.63) is 41.1 Å². The van der Waals surface area contributed by atoms with E-state index in [0.29, 0.717) is 30.5 Å². The van der Waals surface area contributed by atoms with Crippen LogP contribution in [0.4, 0.5) is 18.9 Å². The van der Waals surface area contributed by atoms with E-state index in [4.69, 9.17) is 0 Å². The molecule has 0 aliphatic heterocycles. The van der Waals surface area contributed by atoms with Gasteiger partial charge in [-0.1, -0.05) is 30.0 Å². The SMILES string of the molecule is CSc1nc2c(c(OS(=O)(=O)C(F)(F)F)n1)CCC(Cc1ccccc1N(C)C)C2. The highest BCUT2D eigenvalue weighted by Crippen LogP contribution is 2.36. The molecular weight excluding hydrogens is 439 g/mol. The number of rotatable bonds is 6. The monoisotopic (exact) mass is 461 g/mol. The van der Waals surface area contributed by atoms with Crippen LogP contribution in [0, 0.1) is 5.92 Å². The molecule has 0 spiro atoms. The fourth-order valence-corrected chi connectivity index (χ4v) is 4.36. The molecule has 0 N–H and O–H groups in total. The van der Waals surface area contributed by atoms with Crippen molar-refractivity contribution in [3.8, 4) is 5.88 Å². The summed E-state index contributed by atoms with van der Waals surface area (Å²) in [5.41, 5.74) is -2.36. The van der Waals surface area contributed by atoms with Crippen molar-refractivity contribution in [2.75, 3.05) is 25.3 Å². The lowest BCUT2D eigenvalue weighted by atomic mass is 9.83. The largest absolute Gasteiger partial charge is 0.534 e. The number of halogens is 3. The zero-order valence-electron chi connectivity index (χ0n) is 16.7. The second-order valence-electron chi connectivity index (χ2n) is 7.26. The van der Waals surface area contributed by atoms with Crippen LogP contribution in [0.2, 0.25) is 0 Å². The number of benzene rings is 1. The van der Waals surface area contributed by atoms with Crippen LogP contribution >= 0.6 is 11.8 Å². The summed E-state index contributed by atoms with van der Waals surface area (Å²) in [6.07, 6.45) is 3.97. The molecule has 3 rings (SSSR count). The highest BCUT2D eigenvalue weighted by molar-refractivity contribution is 7.98. The number of thioether (sulfide) groups is 1. The minimum absolute atomic E-state index is 0.176. The van der Waals surface area contributed by atoms with Crippen LogP contribution in [0.1, 0.15) is 23.2 Å². The number of fused-ring (bicyclic) bond motifs is 1. The summed E-state index contributed by atoms with van der Waals surface area (Å²) in [5, 5.41) is 0.176. The second kappa shape index (κ2) is 8.62. The molecule has 1 atom stereocenters. The number of hydrogen-bond acceptors (Lipinski definition) is 7. The summed E-state index contributed by atoms with van der Waals surface area (Å²) in [6, 6.07) is 8.04. The summed E-state index contributed by atoms with van der Waals surface area (Å²) >= 11 is 1.12. The van der Waals surface area contributed by atoms with Gasteiger partial charge in [0.05, 0.1) is 5.69 Å². The van der Waals surface area contributed by atoms with Crippen molar-refractivity contribution >= 4 is 27.6 Å².